The smallest absolute Gasteiger partial charge is 0.106 e. The lowest BCUT2D eigenvalue weighted by Crippen LogP contribution is -3.00. The second-order valence-electron chi connectivity index (χ2n) is 11.9. The summed E-state index contributed by atoms with van der Waals surface area (Å²) >= 11 is 0. The highest BCUT2D eigenvalue weighted by Gasteiger charge is 2.46. The van der Waals surface area contributed by atoms with Gasteiger partial charge in [-0.1, -0.05) is 60.7 Å². The molecule has 4 nitrogen and oxygen atoms in total. The lowest BCUT2D eigenvalue weighted by Gasteiger charge is -2.51. The van der Waals surface area contributed by atoms with E-state index >= 15 is 0 Å². The minimum Gasteiger partial charge on any atom is -1.00 e. The summed E-state index contributed by atoms with van der Waals surface area (Å²) in [5, 5.41) is 20.7. The maximum atomic E-state index is 10.4. The van der Waals surface area contributed by atoms with Crippen molar-refractivity contribution in [2.45, 2.75) is 51.0 Å². The van der Waals surface area contributed by atoms with Gasteiger partial charge in [0.15, 0.2) is 0 Å². The van der Waals surface area contributed by atoms with E-state index in [-0.39, 0.29) is 46.2 Å². The van der Waals surface area contributed by atoms with Crippen molar-refractivity contribution >= 4 is 12.2 Å². The van der Waals surface area contributed by atoms with E-state index in [9.17, 15) is 10.2 Å². The van der Waals surface area contributed by atoms with Crippen LogP contribution in [-0.4, -0.2) is 70.7 Å². The first-order valence-electron chi connectivity index (χ1n) is 13.4. The second kappa shape index (κ2) is 11.4. The molecule has 2 aromatic rings. The van der Waals surface area contributed by atoms with Crippen molar-refractivity contribution in [3.63, 3.8) is 0 Å². The van der Waals surface area contributed by atoms with Crippen LogP contribution in [0, 0.1) is 11.8 Å². The van der Waals surface area contributed by atoms with Gasteiger partial charge in [-0.2, -0.15) is 0 Å². The topological polar surface area (TPSA) is 40.5 Å². The van der Waals surface area contributed by atoms with Crippen LogP contribution < -0.4 is 34.0 Å². The third kappa shape index (κ3) is 5.84. The van der Waals surface area contributed by atoms with Gasteiger partial charge in [0.1, 0.15) is 38.4 Å². The average molecular weight is 620 g/mol. The molecule has 6 saturated heterocycles. The Morgan fingerprint density at radius 2 is 0.917 bits per heavy atom. The van der Waals surface area contributed by atoms with Crippen molar-refractivity contribution in [3.05, 3.63) is 70.8 Å². The van der Waals surface area contributed by atoms with E-state index in [0.717, 1.165) is 35.1 Å². The van der Waals surface area contributed by atoms with Crippen LogP contribution >= 0.6 is 0 Å². The molecule has 2 N–H and O–H groups in total. The van der Waals surface area contributed by atoms with Gasteiger partial charge in [-0.15, -0.1) is 0 Å². The minimum atomic E-state index is -0.0982. The first-order valence-corrected chi connectivity index (χ1v) is 13.4. The molecule has 6 heterocycles. The molecule has 0 aliphatic carbocycles. The Morgan fingerprint density at radius 1 is 0.583 bits per heavy atom. The Bertz CT molecular complexity index is 940. The zero-order chi connectivity index (χ0) is 23.2. The average Bonchev–Trinajstić information content (AvgIpc) is 2.85. The van der Waals surface area contributed by atoms with Gasteiger partial charge in [-0.05, 0) is 11.1 Å². The summed E-state index contributed by atoms with van der Waals surface area (Å²) < 4.78 is 2.14. The van der Waals surface area contributed by atoms with Crippen LogP contribution in [0.1, 0.15) is 47.9 Å². The number of quaternary nitrogens is 2. The number of fused-ring (bicyclic) bond motifs is 6. The summed E-state index contributed by atoms with van der Waals surface area (Å²) in [4.78, 5) is 0. The Balaban J connectivity index is 0.00000152. The number of hydrogen-bond acceptors (Lipinski definition) is 2. The van der Waals surface area contributed by atoms with Gasteiger partial charge in [-0.25, -0.2) is 0 Å². The first-order chi connectivity index (χ1) is 16.5. The van der Waals surface area contributed by atoms with Gasteiger partial charge in [0, 0.05) is 48.6 Å². The highest BCUT2D eigenvalue weighted by Crippen LogP contribution is 2.36. The van der Waals surface area contributed by atoms with Gasteiger partial charge < -0.3 is 53.1 Å². The molecule has 36 heavy (non-hydrogen) atoms. The molecule has 0 amide bonds. The quantitative estimate of drug-likeness (QED) is 0.292. The molecule has 2 aromatic carbocycles. The van der Waals surface area contributed by atoms with E-state index in [1.165, 1.54) is 74.1 Å². The fourth-order valence-corrected chi connectivity index (χ4v) is 7.38. The Hall–Kier alpha value is -1.02. The fourth-order valence-electron chi connectivity index (χ4n) is 7.38. The lowest BCUT2D eigenvalue weighted by molar-refractivity contribution is -0.958. The number of nitrogens with zero attached hydrogens (tertiary/aromatic N) is 2. The van der Waals surface area contributed by atoms with Gasteiger partial charge >= 0.3 is 0 Å². The second-order valence-corrected chi connectivity index (χ2v) is 11.9. The SMILES string of the molecule is O[C@@H]1C[N+]2(Cc3ccc(/C=C/c4ccc(C[N+]56CCC(CC5)[C@@H](O)C6)cc4)cc3)CCC1CC2.[Br-].[Br-]. The molecule has 0 aromatic heterocycles. The molecule has 4 bridgehead atoms. The Morgan fingerprint density at radius 3 is 1.22 bits per heavy atom. The van der Waals surface area contributed by atoms with Gasteiger partial charge in [-0.3, -0.25) is 0 Å². The minimum absolute atomic E-state index is 0. The summed E-state index contributed by atoms with van der Waals surface area (Å²) in [7, 11) is 0. The molecule has 2 atom stereocenters. The third-order valence-electron chi connectivity index (χ3n) is 9.60. The lowest BCUT2D eigenvalue weighted by atomic mass is 9.83. The number of aliphatic hydroxyl groups excluding tert-OH is 2. The van der Waals surface area contributed by atoms with Gasteiger partial charge in [0.25, 0.3) is 0 Å². The van der Waals surface area contributed by atoms with E-state index in [4.69, 9.17) is 0 Å². The molecule has 0 spiro atoms. The maximum Gasteiger partial charge on any atom is 0.106 e. The number of piperidine rings is 6. The molecular weight excluding hydrogens is 580 g/mol. The Labute approximate surface area is 237 Å². The zero-order valence-electron chi connectivity index (χ0n) is 21.1. The molecule has 6 heteroatoms. The monoisotopic (exact) mass is 618 g/mol. The van der Waals surface area contributed by atoms with Crippen molar-refractivity contribution in [3.8, 4) is 0 Å². The molecule has 0 unspecified atom stereocenters. The van der Waals surface area contributed by atoms with E-state index < -0.39 is 0 Å². The van der Waals surface area contributed by atoms with E-state index in [0.29, 0.717) is 11.8 Å². The summed E-state index contributed by atoms with van der Waals surface area (Å²) in [6.07, 6.45) is 8.95. The molecule has 0 saturated carbocycles. The van der Waals surface area contributed by atoms with Crippen LogP contribution in [0.2, 0.25) is 0 Å². The number of aliphatic hydroxyl groups is 2. The van der Waals surface area contributed by atoms with Crippen molar-refractivity contribution in [2.24, 2.45) is 11.8 Å². The fraction of sp³-hybridized carbons (Fsp3) is 0.533. The van der Waals surface area contributed by atoms with E-state index in [1.807, 2.05) is 0 Å². The predicted octanol–water partition coefficient (Wildman–Crippen LogP) is -1.93. The molecular formula is C30H40Br2N2O2. The van der Waals surface area contributed by atoms with E-state index in [1.54, 1.807) is 0 Å². The largest absolute Gasteiger partial charge is 1.00 e. The highest BCUT2D eigenvalue weighted by atomic mass is 79.9. The third-order valence-corrected chi connectivity index (χ3v) is 9.60. The normalized spacial score (nSPS) is 34.8. The molecule has 0 radical (unpaired) electrons. The number of hydrogen-bond donors (Lipinski definition) is 2. The van der Waals surface area contributed by atoms with Crippen LogP contribution in [0.15, 0.2) is 48.5 Å². The van der Waals surface area contributed by atoms with Gasteiger partial charge in [0.05, 0.1) is 26.2 Å². The molecule has 8 rings (SSSR count). The summed E-state index contributed by atoms with van der Waals surface area (Å²) in [5.41, 5.74) is 5.23. The summed E-state index contributed by atoms with van der Waals surface area (Å²) in [6.45, 7) is 8.86. The molecule has 6 aliphatic rings. The zero-order valence-corrected chi connectivity index (χ0v) is 24.3. The highest BCUT2D eigenvalue weighted by molar-refractivity contribution is 5.69. The standard InChI is InChI=1S/C30H40N2O2.2BrH/c33-29-21-31(15-11-27(29)12-16-31)19-25-7-3-23(4-8-25)1-2-24-5-9-26(10-6-24)20-32-17-13-28(14-18-32)30(34)22-32;;/h1-10,27-30,33-34H,11-22H2;2*1H/q+2;;/p-2/b2-1+;;/t27?,28?,29-,30+,31?,32?;;. The number of halogens is 2. The van der Waals surface area contributed by atoms with Crippen LogP contribution in [0.25, 0.3) is 12.2 Å². The first kappa shape index (κ1) is 28.0. The Kier molecular flexibility index (Phi) is 8.85. The van der Waals surface area contributed by atoms with Gasteiger partial charge in [0.2, 0.25) is 0 Å². The van der Waals surface area contributed by atoms with E-state index in [2.05, 4.69) is 60.7 Å². The summed E-state index contributed by atoms with van der Waals surface area (Å²) in [5.74, 6) is 1.10. The predicted molar refractivity (Wildman–Crippen MR) is 136 cm³/mol. The van der Waals surface area contributed by atoms with Crippen molar-refractivity contribution in [1.82, 2.24) is 0 Å². The van der Waals surface area contributed by atoms with Crippen molar-refractivity contribution in [2.75, 3.05) is 39.3 Å². The van der Waals surface area contributed by atoms with Crippen LogP contribution in [0.4, 0.5) is 0 Å². The molecule has 6 aliphatic heterocycles. The van der Waals surface area contributed by atoms with Crippen LogP contribution in [-0.2, 0) is 13.1 Å². The molecule has 196 valence electrons. The van der Waals surface area contributed by atoms with Crippen molar-refractivity contribution < 1.29 is 53.1 Å². The summed E-state index contributed by atoms with van der Waals surface area (Å²) in [6, 6.07) is 18.0. The van der Waals surface area contributed by atoms with Crippen molar-refractivity contribution in [1.29, 1.82) is 0 Å². The maximum absolute atomic E-state index is 10.4. The van der Waals surface area contributed by atoms with Crippen LogP contribution in [0.5, 0.6) is 0 Å². The number of rotatable bonds is 6. The number of benzene rings is 2. The van der Waals surface area contributed by atoms with Crippen LogP contribution in [0.3, 0.4) is 0 Å². The molecule has 6 fully saturated rings.